The predicted octanol–water partition coefficient (Wildman–Crippen LogP) is 4.44. The third kappa shape index (κ3) is 4.93. The largest absolute Gasteiger partial charge is 0.340 e. The van der Waals surface area contributed by atoms with Crippen LogP contribution in [0.5, 0.6) is 0 Å². The zero-order valence-corrected chi connectivity index (χ0v) is 15.1. The van der Waals surface area contributed by atoms with Crippen molar-refractivity contribution in [3.8, 4) is 0 Å². The van der Waals surface area contributed by atoms with E-state index in [-0.39, 0.29) is 5.91 Å². The van der Waals surface area contributed by atoms with Crippen LogP contribution in [-0.2, 0) is 0 Å². The number of nitrogens with one attached hydrogen (secondary N) is 1. The molecule has 0 radical (unpaired) electrons. The first-order valence-corrected chi connectivity index (χ1v) is 8.58. The second kappa shape index (κ2) is 8.64. The number of aromatic nitrogens is 2. The molecule has 6 heteroatoms. The Morgan fingerprint density at radius 2 is 1.75 bits per heavy atom. The minimum Gasteiger partial charge on any atom is -0.340 e. The summed E-state index contributed by atoms with van der Waals surface area (Å²) in [6.45, 7) is 7.38. The molecule has 1 amide bonds. The summed E-state index contributed by atoms with van der Waals surface area (Å²) in [6.07, 6.45) is 1.84. The minimum absolute atomic E-state index is 0.0524. The lowest BCUT2D eigenvalue weighted by molar-refractivity contribution is 0.0749. The monoisotopic (exact) mass is 346 g/mol. The van der Waals surface area contributed by atoms with Gasteiger partial charge in [-0.15, -0.1) is 0 Å². The zero-order chi connectivity index (χ0) is 17.5. The smallest absolute Gasteiger partial charge is 0.272 e. The Bertz CT molecular complexity index is 682. The van der Waals surface area contributed by atoms with E-state index >= 15 is 0 Å². The Labute approximate surface area is 148 Å². The molecule has 0 spiro atoms. The first-order chi connectivity index (χ1) is 11.5. The molecular weight excluding hydrogens is 324 g/mol. The number of rotatable bonds is 7. The second-order valence-electron chi connectivity index (χ2n) is 5.61. The van der Waals surface area contributed by atoms with Crippen LogP contribution in [0.25, 0.3) is 0 Å². The summed E-state index contributed by atoms with van der Waals surface area (Å²) in [5, 5.41) is 3.86. The molecule has 2 aromatic rings. The van der Waals surface area contributed by atoms with Gasteiger partial charge in [0.15, 0.2) is 0 Å². The number of aryl methyl sites for hydroxylation is 1. The number of nitrogens with zero attached hydrogens (tertiary/aromatic N) is 3. The van der Waals surface area contributed by atoms with Crippen LogP contribution in [0.2, 0.25) is 5.02 Å². The molecule has 0 saturated heterocycles. The van der Waals surface area contributed by atoms with Gasteiger partial charge in [0, 0.05) is 29.9 Å². The van der Waals surface area contributed by atoms with Crippen LogP contribution in [0.1, 0.15) is 43.0 Å². The molecule has 0 aliphatic rings. The number of amides is 1. The summed E-state index contributed by atoms with van der Waals surface area (Å²) >= 11 is 5.90. The fraction of sp³-hybridized carbons (Fsp3) is 0.389. The number of anilines is 2. The fourth-order valence-corrected chi connectivity index (χ4v) is 2.57. The molecule has 0 unspecified atom stereocenters. The van der Waals surface area contributed by atoms with Gasteiger partial charge in [-0.05, 0) is 44.0 Å². The first kappa shape index (κ1) is 18.2. The highest BCUT2D eigenvalue weighted by molar-refractivity contribution is 6.30. The van der Waals surface area contributed by atoms with Crippen molar-refractivity contribution in [1.82, 2.24) is 14.9 Å². The molecule has 0 atom stereocenters. The van der Waals surface area contributed by atoms with Crippen LogP contribution in [0, 0.1) is 6.92 Å². The van der Waals surface area contributed by atoms with Gasteiger partial charge in [-0.2, -0.15) is 0 Å². The van der Waals surface area contributed by atoms with Crippen molar-refractivity contribution in [3.63, 3.8) is 0 Å². The molecule has 1 aromatic heterocycles. The van der Waals surface area contributed by atoms with Gasteiger partial charge in [0.2, 0.25) is 0 Å². The van der Waals surface area contributed by atoms with Crippen LogP contribution in [0.15, 0.2) is 30.3 Å². The van der Waals surface area contributed by atoms with Crippen molar-refractivity contribution < 1.29 is 4.79 Å². The van der Waals surface area contributed by atoms with Gasteiger partial charge >= 0.3 is 0 Å². The molecule has 0 bridgehead atoms. The number of hydrogen-bond acceptors (Lipinski definition) is 4. The molecule has 24 heavy (non-hydrogen) atoms. The van der Waals surface area contributed by atoms with Crippen molar-refractivity contribution in [3.05, 3.63) is 46.9 Å². The van der Waals surface area contributed by atoms with Crippen molar-refractivity contribution in [2.24, 2.45) is 0 Å². The van der Waals surface area contributed by atoms with Crippen LogP contribution in [-0.4, -0.2) is 33.9 Å². The topological polar surface area (TPSA) is 58.1 Å². The average Bonchev–Trinajstić information content (AvgIpc) is 2.55. The standard InChI is InChI=1S/C18H23ClN4O/c1-4-10-23(11-5-2)18(24)16-12-17(21-13(3)20-16)22-15-8-6-14(19)7-9-15/h6-9,12H,4-5,10-11H2,1-3H3,(H,20,21,22). The van der Waals surface area contributed by atoms with Gasteiger partial charge in [0.1, 0.15) is 17.3 Å². The van der Waals surface area contributed by atoms with E-state index in [4.69, 9.17) is 11.6 Å². The SMILES string of the molecule is CCCN(CCC)C(=O)c1cc(Nc2ccc(Cl)cc2)nc(C)n1. The number of hydrogen-bond donors (Lipinski definition) is 1. The predicted molar refractivity (Wildman–Crippen MR) is 98.0 cm³/mol. The molecule has 1 heterocycles. The van der Waals surface area contributed by atoms with Gasteiger partial charge in [-0.1, -0.05) is 25.4 Å². The molecule has 0 saturated carbocycles. The third-order valence-electron chi connectivity index (χ3n) is 3.45. The Kier molecular flexibility index (Phi) is 6.55. The molecule has 0 fully saturated rings. The Hall–Kier alpha value is -2.14. The number of halogens is 1. The quantitative estimate of drug-likeness (QED) is 0.805. The number of carbonyl (C=O) groups is 1. The lowest BCUT2D eigenvalue weighted by Crippen LogP contribution is -2.33. The summed E-state index contributed by atoms with van der Waals surface area (Å²) in [6, 6.07) is 9.02. The maximum Gasteiger partial charge on any atom is 0.272 e. The summed E-state index contributed by atoms with van der Waals surface area (Å²) in [5.74, 6) is 1.11. The highest BCUT2D eigenvalue weighted by Crippen LogP contribution is 2.19. The second-order valence-corrected chi connectivity index (χ2v) is 6.05. The van der Waals surface area contributed by atoms with E-state index in [1.165, 1.54) is 0 Å². The molecule has 0 aliphatic carbocycles. The zero-order valence-electron chi connectivity index (χ0n) is 14.3. The Morgan fingerprint density at radius 1 is 1.12 bits per heavy atom. The molecule has 128 valence electrons. The first-order valence-electron chi connectivity index (χ1n) is 8.21. The molecule has 5 nitrogen and oxygen atoms in total. The van der Waals surface area contributed by atoms with Gasteiger partial charge in [0.25, 0.3) is 5.91 Å². The molecular formula is C18H23ClN4O. The van der Waals surface area contributed by atoms with Gasteiger partial charge in [-0.3, -0.25) is 4.79 Å². The Morgan fingerprint density at radius 3 is 2.33 bits per heavy atom. The Balaban J connectivity index is 2.23. The van der Waals surface area contributed by atoms with Crippen LogP contribution in [0.3, 0.4) is 0 Å². The number of carbonyl (C=O) groups excluding carboxylic acids is 1. The van der Waals surface area contributed by atoms with Crippen molar-refractivity contribution in [2.75, 3.05) is 18.4 Å². The van der Waals surface area contributed by atoms with Crippen molar-refractivity contribution in [1.29, 1.82) is 0 Å². The highest BCUT2D eigenvalue weighted by atomic mass is 35.5. The van der Waals surface area contributed by atoms with Gasteiger partial charge in [-0.25, -0.2) is 9.97 Å². The lowest BCUT2D eigenvalue weighted by atomic mass is 10.2. The van der Waals surface area contributed by atoms with Crippen LogP contribution < -0.4 is 5.32 Å². The van der Waals surface area contributed by atoms with E-state index in [0.717, 1.165) is 31.6 Å². The molecule has 1 N–H and O–H groups in total. The molecule has 0 aliphatic heterocycles. The van der Waals surface area contributed by atoms with E-state index in [9.17, 15) is 4.79 Å². The summed E-state index contributed by atoms with van der Waals surface area (Å²) in [4.78, 5) is 23.2. The van der Waals surface area contributed by atoms with Crippen LogP contribution in [0.4, 0.5) is 11.5 Å². The molecule has 2 rings (SSSR count). The van der Waals surface area contributed by atoms with E-state index < -0.39 is 0 Å². The van der Waals surface area contributed by atoms with Crippen LogP contribution >= 0.6 is 11.6 Å². The van der Waals surface area contributed by atoms with E-state index in [1.54, 1.807) is 25.1 Å². The third-order valence-corrected chi connectivity index (χ3v) is 3.70. The summed E-state index contributed by atoms with van der Waals surface area (Å²) < 4.78 is 0. The normalized spacial score (nSPS) is 10.5. The van der Waals surface area contributed by atoms with Crippen molar-refractivity contribution in [2.45, 2.75) is 33.6 Å². The van der Waals surface area contributed by atoms with Crippen molar-refractivity contribution >= 4 is 29.0 Å². The summed E-state index contributed by atoms with van der Waals surface area (Å²) in [5.41, 5.74) is 1.27. The lowest BCUT2D eigenvalue weighted by Gasteiger charge is -2.21. The minimum atomic E-state index is -0.0524. The van der Waals surface area contributed by atoms with E-state index in [0.29, 0.717) is 22.4 Å². The van der Waals surface area contributed by atoms with E-state index in [2.05, 4.69) is 29.1 Å². The average molecular weight is 347 g/mol. The summed E-state index contributed by atoms with van der Waals surface area (Å²) in [7, 11) is 0. The highest BCUT2D eigenvalue weighted by Gasteiger charge is 2.17. The van der Waals surface area contributed by atoms with E-state index in [1.807, 2.05) is 17.0 Å². The number of benzene rings is 1. The molecule has 1 aromatic carbocycles. The maximum atomic E-state index is 12.7. The fourth-order valence-electron chi connectivity index (χ4n) is 2.44. The van der Waals surface area contributed by atoms with Gasteiger partial charge in [0.05, 0.1) is 0 Å². The van der Waals surface area contributed by atoms with Gasteiger partial charge < -0.3 is 10.2 Å². The maximum absolute atomic E-state index is 12.7.